The second kappa shape index (κ2) is 14.0. The van der Waals surface area contributed by atoms with Gasteiger partial charge in [-0.15, -0.1) is 36.2 Å². The van der Waals surface area contributed by atoms with E-state index in [1.807, 2.05) is 41.3 Å². The van der Waals surface area contributed by atoms with Crippen LogP contribution < -0.4 is 5.73 Å². The minimum absolute atomic E-state index is 0. The molecule has 1 amide bonds. The number of halogens is 2. The maximum atomic E-state index is 12.9. The molecule has 2 N–H and O–H groups in total. The van der Waals surface area contributed by atoms with Crippen molar-refractivity contribution >= 4 is 42.1 Å². The van der Waals surface area contributed by atoms with Gasteiger partial charge in [-0.3, -0.25) is 4.79 Å². The van der Waals surface area contributed by atoms with Crippen LogP contribution >= 0.6 is 36.2 Å². The number of benzene rings is 1. The van der Waals surface area contributed by atoms with E-state index < -0.39 is 0 Å². The zero-order chi connectivity index (χ0) is 18.1. The minimum Gasteiger partial charge on any atom is -0.336 e. The molecule has 1 heterocycles. The summed E-state index contributed by atoms with van der Waals surface area (Å²) in [6.45, 7) is 8.60. The molecule has 2 rings (SSSR count). The minimum atomic E-state index is -0.256. The quantitative estimate of drug-likeness (QED) is 0.607. The number of rotatable bonds is 10. The van der Waals surface area contributed by atoms with E-state index >= 15 is 0 Å². The number of hydrogen-bond acceptors (Lipinski definition) is 4. The van der Waals surface area contributed by atoms with Crippen molar-refractivity contribution in [3.05, 3.63) is 58.3 Å². The first-order valence-corrected chi connectivity index (χ1v) is 9.85. The molecule has 152 valence electrons. The molecule has 0 spiro atoms. The van der Waals surface area contributed by atoms with Crippen molar-refractivity contribution < 1.29 is 4.79 Å². The van der Waals surface area contributed by atoms with E-state index in [1.165, 1.54) is 4.88 Å². The lowest BCUT2D eigenvalue weighted by atomic mass is 10.0. The van der Waals surface area contributed by atoms with Crippen LogP contribution in [0.5, 0.6) is 0 Å². The molecule has 1 aromatic heterocycles. The molecule has 1 unspecified atom stereocenters. The van der Waals surface area contributed by atoms with Crippen molar-refractivity contribution in [1.82, 2.24) is 9.80 Å². The van der Waals surface area contributed by atoms with E-state index in [-0.39, 0.29) is 36.8 Å². The fourth-order valence-electron chi connectivity index (χ4n) is 2.82. The van der Waals surface area contributed by atoms with Crippen molar-refractivity contribution in [3.63, 3.8) is 0 Å². The highest BCUT2D eigenvalue weighted by Gasteiger charge is 2.19. The number of amides is 1. The Morgan fingerprint density at radius 1 is 1.04 bits per heavy atom. The highest BCUT2D eigenvalue weighted by molar-refractivity contribution is 7.09. The molecular formula is C20H31Cl2N3OS. The van der Waals surface area contributed by atoms with Crippen LogP contribution in [0.15, 0.2) is 47.8 Å². The Morgan fingerprint density at radius 3 is 2.26 bits per heavy atom. The number of carbonyl (C=O) groups is 1. The van der Waals surface area contributed by atoms with Crippen LogP contribution in [0.1, 0.15) is 36.8 Å². The standard InChI is InChI=1S/C20H29N3OS.2ClH/c1-3-22(4-2)12-13-23(16-18-11-8-14-25-18)20(24)15-19(21)17-9-6-5-7-10-17;;/h5-11,14,19H,3-4,12-13,15-16,21H2,1-2H3;2*1H. The predicted molar refractivity (Wildman–Crippen MR) is 120 cm³/mol. The van der Waals surface area contributed by atoms with Crippen molar-refractivity contribution in [2.75, 3.05) is 26.2 Å². The summed E-state index contributed by atoms with van der Waals surface area (Å²) >= 11 is 1.69. The van der Waals surface area contributed by atoms with Crippen molar-refractivity contribution in [2.24, 2.45) is 5.73 Å². The number of carbonyl (C=O) groups excluding carboxylic acids is 1. The van der Waals surface area contributed by atoms with Gasteiger partial charge in [0.05, 0.1) is 6.54 Å². The van der Waals surface area contributed by atoms with Gasteiger partial charge in [-0.1, -0.05) is 50.2 Å². The van der Waals surface area contributed by atoms with E-state index in [0.717, 1.165) is 31.7 Å². The Hall–Kier alpha value is -1.11. The van der Waals surface area contributed by atoms with Gasteiger partial charge in [0.25, 0.3) is 0 Å². The van der Waals surface area contributed by atoms with Crippen LogP contribution in [-0.4, -0.2) is 41.9 Å². The highest BCUT2D eigenvalue weighted by Crippen LogP contribution is 2.17. The summed E-state index contributed by atoms with van der Waals surface area (Å²) < 4.78 is 0. The Balaban J connectivity index is 0.00000338. The van der Waals surface area contributed by atoms with Gasteiger partial charge in [0, 0.05) is 30.4 Å². The molecule has 0 radical (unpaired) electrons. The van der Waals surface area contributed by atoms with Crippen LogP contribution in [0.3, 0.4) is 0 Å². The molecule has 0 fully saturated rings. The molecule has 1 atom stereocenters. The average molecular weight is 432 g/mol. The maximum Gasteiger partial charge on any atom is 0.224 e. The first-order valence-electron chi connectivity index (χ1n) is 8.97. The number of likely N-dealkylation sites (N-methyl/N-ethyl adjacent to an activating group) is 1. The monoisotopic (exact) mass is 431 g/mol. The van der Waals surface area contributed by atoms with Crippen molar-refractivity contribution in [2.45, 2.75) is 32.9 Å². The Bertz CT molecular complexity index is 621. The second-order valence-corrected chi connectivity index (χ2v) is 7.18. The van der Waals surface area contributed by atoms with Gasteiger partial charge < -0.3 is 15.5 Å². The van der Waals surface area contributed by atoms with Gasteiger partial charge in [0.1, 0.15) is 0 Å². The zero-order valence-corrected chi connectivity index (χ0v) is 18.5. The van der Waals surface area contributed by atoms with E-state index in [2.05, 4.69) is 30.2 Å². The summed E-state index contributed by atoms with van der Waals surface area (Å²) in [5, 5.41) is 2.05. The molecule has 0 aliphatic carbocycles. The fourth-order valence-corrected chi connectivity index (χ4v) is 3.54. The zero-order valence-electron chi connectivity index (χ0n) is 16.0. The van der Waals surface area contributed by atoms with Crippen LogP contribution in [0.2, 0.25) is 0 Å². The van der Waals surface area contributed by atoms with Gasteiger partial charge in [0.15, 0.2) is 0 Å². The van der Waals surface area contributed by atoms with Crippen molar-refractivity contribution in [3.8, 4) is 0 Å². The second-order valence-electron chi connectivity index (χ2n) is 6.14. The van der Waals surface area contributed by atoms with E-state index in [0.29, 0.717) is 13.0 Å². The number of nitrogens with two attached hydrogens (primary N) is 1. The normalized spacial score (nSPS) is 11.4. The molecule has 0 aliphatic rings. The number of hydrogen-bond donors (Lipinski definition) is 1. The third kappa shape index (κ3) is 8.62. The summed E-state index contributed by atoms with van der Waals surface area (Å²) in [5.74, 6) is 0.122. The molecule has 0 saturated heterocycles. The average Bonchev–Trinajstić information content (AvgIpc) is 3.15. The third-order valence-corrected chi connectivity index (χ3v) is 5.34. The Labute approximate surface area is 179 Å². The molecule has 4 nitrogen and oxygen atoms in total. The molecule has 0 bridgehead atoms. The topological polar surface area (TPSA) is 49.6 Å². The maximum absolute atomic E-state index is 12.9. The summed E-state index contributed by atoms with van der Waals surface area (Å²) in [7, 11) is 0. The summed E-state index contributed by atoms with van der Waals surface area (Å²) in [6, 6.07) is 13.7. The first kappa shape index (κ1) is 25.9. The van der Waals surface area contributed by atoms with Crippen LogP contribution in [0.25, 0.3) is 0 Å². The largest absolute Gasteiger partial charge is 0.336 e. The first-order chi connectivity index (χ1) is 12.1. The molecule has 2 aromatic rings. The molecular weight excluding hydrogens is 401 g/mol. The molecule has 27 heavy (non-hydrogen) atoms. The number of nitrogens with zero attached hydrogens (tertiary/aromatic N) is 2. The van der Waals surface area contributed by atoms with Gasteiger partial charge >= 0.3 is 0 Å². The smallest absolute Gasteiger partial charge is 0.224 e. The van der Waals surface area contributed by atoms with Gasteiger partial charge in [0.2, 0.25) is 5.91 Å². The summed E-state index contributed by atoms with van der Waals surface area (Å²) in [6.07, 6.45) is 0.341. The SMILES string of the molecule is CCN(CC)CCN(Cc1cccs1)C(=O)CC(N)c1ccccc1.Cl.Cl. The van der Waals surface area contributed by atoms with Crippen molar-refractivity contribution in [1.29, 1.82) is 0 Å². The Morgan fingerprint density at radius 2 is 1.70 bits per heavy atom. The summed E-state index contributed by atoms with van der Waals surface area (Å²) in [4.78, 5) is 18.4. The van der Waals surface area contributed by atoms with Crippen LogP contribution in [0.4, 0.5) is 0 Å². The van der Waals surface area contributed by atoms with Crippen LogP contribution in [-0.2, 0) is 11.3 Å². The lowest BCUT2D eigenvalue weighted by Gasteiger charge is -2.27. The predicted octanol–water partition coefficient (Wildman–Crippen LogP) is 4.35. The van der Waals surface area contributed by atoms with E-state index in [1.54, 1.807) is 11.3 Å². The van der Waals surface area contributed by atoms with Gasteiger partial charge in [-0.05, 0) is 30.1 Å². The summed E-state index contributed by atoms with van der Waals surface area (Å²) in [5.41, 5.74) is 7.27. The molecule has 1 aromatic carbocycles. The fraction of sp³-hybridized carbons (Fsp3) is 0.450. The van der Waals surface area contributed by atoms with E-state index in [4.69, 9.17) is 5.73 Å². The molecule has 7 heteroatoms. The molecule has 0 saturated carbocycles. The Kier molecular flexibility index (Phi) is 13.4. The van der Waals surface area contributed by atoms with Gasteiger partial charge in [-0.25, -0.2) is 0 Å². The molecule has 0 aliphatic heterocycles. The lowest BCUT2D eigenvalue weighted by Crippen LogP contribution is -2.39. The number of thiophene rings is 1. The van der Waals surface area contributed by atoms with E-state index in [9.17, 15) is 4.79 Å². The third-order valence-electron chi connectivity index (χ3n) is 4.48. The highest BCUT2D eigenvalue weighted by atomic mass is 35.5. The lowest BCUT2D eigenvalue weighted by molar-refractivity contribution is -0.132. The van der Waals surface area contributed by atoms with Gasteiger partial charge in [-0.2, -0.15) is 0 Å². The van der Waals surface area contributed by atoms with Crippen LogP contribution in [0, 0.1) is 0 Å².